The van der Waals surface area contributed by atoms with E-state index < -0.39 is 0 Å². The van der Waals surface area contributed by atoms with Crippen molar-refractivity contribution < 1.29 is 5.11 Å². The molecule has 1 aliphatic rings. The first-order chi connectivity index (χ1) is 7.24. The van der Waals surface area contributed by atoms with Crippen LogP contribution in [0.2, 0.25) is 5.02 Å². The predicted octanol–water partition coefficient (Wildman–Crippen LogP) is 2.80. The molecule has 0 saturated heterocycles. The van der Waals surface area contributed by atoms with Gasteiger partial charge in [0.1, 0.15) is 0 Å². The van der Waals surface area contributed by atoms with Gasteiger partial charge in [0.25, 0.3) is 0 Å². The van der Waals surface area contributed by atoms with Crippen molar-refractivity contribution in [1.29, 1.82) is 0 Å². The molecule has 2 nitrogen and oxygen atoms in total. The minimum atomic E-state index is -0.0313. The number of nitrogens with one attached hydrogen (secondary N) is 1. The zero-order valence-electron chi connectivity index (χ0n) is 8.63. The molecule has 0 radical (unpaired) electrons. The van der Waals surface area contributed by atoms with Gasteiger partial charge in [-0.3, -0.25) is 0 Å². The van der Waals surface area contributed by atoms with E-state index in [9.17, 15) is 5.11 Å². The molecule has 0 unspecified atom stereocenters. The van der Waals surface area contributed by atoms with E-state index in [1.54, 1.807) is 11.3 Å². The highest BCUT2D eigenvalue weighted by molar-refractivity contribution is 7.10. The van der Waals surface area contributed by atoms with E-state index in [0.717, 1.165) is 24.4 Å². The molecule has 0 aliphatic heterocycles. The Balaban J connectivity index is 1.91. The maximum absolute atomic E-state index is 9.41. The van der Waals surface area contributed by atoms with Gasteiger partial charge < -0.3 is 10.4 Å². The second-order valence-corrected chi connectivity index (χ2v) is 5.66. The third-order valence-electron chi connectivity index (χ3n) is 3.12. The van der Waals surface area contributed by atoms with Gasteiger partial charge in [0, 0.05) is 22.3 Å². The molecular weight excluding hydrogens is 230 g/mol. The molecule has 1 saturated carbocycles. The standard InChI is InChI=1S/C11H16ClNOS/c12-9-5-10(15-7-9)6-13-11(8-14)3-1-2-4-11/h5,7,13-14H,1-4,6,8H2. The third-order valence-corrected chi connectivity index (χ3v) is 4.41. The lowest BCUT2D eigenvalue weighted by molar-refractivity contribution is 0.163. The molecule has 1 aromatic rings. The summed E-state index contributed by atoms with van der Waals surface area (Å²) in [5, 5.41) is 15.6. The fourth-order valence-electron chi connectivity index (χ4n) is 2.16. The fraction of sp³-hybridized carbons (Fsp3) is 0.636. The lowest BCUT2D eigenvalue weighted by Crippen LogP contribution is -2.45. The van der Waals surface area contributed by atoms with Crippen molar-refractivity contribution in [2.45, 2.75) is 37.8 Å². The molecule has 1 aliphatic carbocycles. The Labute approximate surface area is 99.3 Å². The van der Waals surface area contributed by atoms with Crippen molar-refractivity contribution in [2.75, 3.05) is 6.61 Å². The van der Waals surface area contributed by atoms with E-state index in [2.05, 4.69) is 5.32 Å². The van der Waals surface area contributed by atoms with E-state index >= 15 is 0 Å². The van der Waals surface area contributed by atoms with Crippen molar-refractivity contribution in [3.63, 3.8) is 0 Å². The lowest BCUT2D eigenvalue weighted by atomic mass is 9.99. The average Bonchev–Trinajstić information content (AvgIpc) is 2.85. The smallest absolute Gasteiger partial charge is 0.0613 e. The fourth-order valence-corrected chi connectivity index (χ4v) is 3.18. The Morgan fingerprint density at radius 3 is 2.73 bits per heavy atom. The van der Waals surface area contributed by atoms with Gasteiger partial charge in [0.05, 0.1) is 11.6 Å². The number of rotatable bonds is 4. The van der Waals surface area contributed by atoms with Crippen molar-refractivity contribution in [2.24, 2.45) is 0 Å². The van der Waals surface area contributed by atoms with Crippen molar-refractivity contribution >= 4 is 22.9 Å². The summed E-state index contributed by atoms with van der Waals surface area (Å²) in [4.78, 5) is 1.24. The lowest BCUT2D eigenvalue weighted by Gasteiger charge is -2.27. The maximum atomic E-state index is 9.41. The van der Waals surface area contributed by atoms with Gasteiger partial charge in [-0.1, -0.05) is 24.4 Å². The van der Waals surface area contributed by atoms with Crippen LogP contribution in [-0.2, 0) is 6.54 Å². The van der Waals surface area contributed by atoms with Gasteiger partial charge >= 0.3 is 0 Å². The summed E-state index contributed by atoms with van der Waals surface area (Å²) in [6, 6.07) is 1.99. The Kier molecular flexibility index (Phi) is 3.67. The van der Waals surface area contributed by atoms with Crippen LogP contribution >= 0.6 is 22.9 Å². The second-order valence-electron chi connectivity index (χ2n) is 4.23. The molecule has 2 rings (SSSR count). The molecule has 0 bridgehead atoms. The third kappa shape index (κ3) is 2.72. The molecule has 0 spiro atoms. The Morgan fingerprint density at radius 2 is 2.20 bits per heavy atom. The van der Waals surface area contributed by atoms with Crippen LogP contribution in [0.5, 0.6) is 0 Å². The molecule has 84 valence electrons. The van der Waals surface area contributed by atoms with Crippen LogP contribution in [0.15, 0.2) is 11.4 Å². The van der Waals surface area contributed by atoms with Crippen LogP contribution in [-0.4, -0.2) is 17.3 Å². The molecule has 0 aromatic carbocycles. The number of hydrogen-bond acceptors (Lipinski definition) is 3. The van der Waals surface area contributed by atoms with Crippen LogP contribution in [0.25, 0.3) is 0 Å². The first kappa shape index (κ1) is 11.4. The first-order valence-electron chi connectivity index (χ1n) is 5.33. The largest absolute Gasteiger partial charge is 0.394 e. The molecule has 1 heterocycles. The number of aliphatic hydroxyl groups is 1. The summed E-state index contributed by atoms with van der Waals surface area (Å²) in [6.07, 6.45) is 4.61. The summed E-state index contributed by atoms with van der Waals surface area (Å²) >= 11 is 7.52. The van der Waals surface area contributed by atoms with Crippen molar-refractivity contribution in [3.05, 3.63) is 21.3 Å². The summed E-state index contributed by atoms with van der Waals surface area (Å²) in [7, 11) is 0. The van der Waals surface area contributed by atoms with E-state index in [1.165, 1.54) is 17.7 Å². The van der Waals surface area contributed by atoms with Crippen LogP contribution in [0.3, 0.4) is 0 Å². The van der Waals surface area contributed by atoms with Gasteiger partial charge in [-0.05, 0) is 18.9 Å². The zero-order valence-corrected chi connectivity index (χ0v) is 10.2. The highest BCUT2D eigenvalue weighted by Gasteiger charge is 2.32. The Hall–Kier alpha value is -0.0900. The Bertz CT molecular complexity index is 320. The SMILES string of the molecule is OCC1(NCc2cc(Cl)cs2)CCCC1. The second kappa shape index (κ2) is 4.83. The first-order valence-corrected chi connectivity index (χ1v) is 6.59. The van der Waals surface area contributed by atoms with Crippen LogP contribution in [0.4, 0.5) is 0 Å². The minimum absolute atomic E-state index is 0.0313. The molecule has 15 heavy (non-hydrogen) atoms. The number of aliphatic hydroxyl groups excluding tert-OH is 1. The summed E-state index contributed by atoms with van der Waals surface area (Å²) in [6.45, 7) is 1.06. The molecule has 1 aromatic heterocycles. The van der Waals surface area contributed by atoms with E-state index in [4.69, 9.17) is 11.6 Å². The zero-order chi connectivity index (χ0) is 10.7. The van der Waals surface area contributed by atoms with Gasteiger partial charge in [-0.2, -0.15) is 0 Å². The molecule has 2 N–H and O–H groups in total. The summed E-state index contributed by atoms with van der Waals surface area (Å²) < 4.78 is 0. The van der Waals surface area contributed by atoms with Gasteiger partial charge in [0.15, 0.2) is 0 Å². The number of thiophene rings is 1. The highest BCUT2D eigenvalue weighted by atomic mass is 35.5. The number of hydrogen-bond donors (Lipinski definition) is 2. The van der Waals surface area contributed by atoms with Crippen LogP contribution in [0, 0.1) is 0 Å². The van der Waals surface area contributed by atoms with Crippen LogP contribution in [0.1, 0.15) is 30.6 Å². The summed E-state index contributed by atoms with van der Waals surface area (Å²) in [5.41, 5.74) is -0.0313. The van der Waals surface area contributed by atoms with Gasteiger partial charge in [0.2, 0.25) is 0 Å². The molecule has 0 atom stereocenters. The molecule has 4 heteroatoms. The quantitative estimate of drug-likeness (QED) is 0.855. The maximum Gasteiger partial charge on any atom is 0.0613 e. The van der Waals surface area contributed by atoms with Crippen molar-refractivity contribution in [1.82, 2.24) is 5.32 Å². The Morgan fingerprint density at radius 1 is 1.47 bits per heavy atom. The highest BCUT2D eigenvalue weighted by Crippen LogP contribution is 2.30. The predicted molar refractivity (Wildman–Crippen MR) is 64.5 cm³/mol. The van der Waals surface area contributed by atoms with Gasteiger partial charge in [-0.15, -0.1) is 11.3 Å². The topological polar surface area (TPSA) is 32.3 Å². The van der Waals surface area contributed by atoms with Crippen LogP contribution < -0.4 is 5.32 Å². The number of halogens is 1. The van der Waals surface area contributed by atoms with Crippen molar-refractivity contribution in [3.8, 4) is 0 Å². The average molecular weight is 246 g/mol. The molecule has 1 fully saturated rings. The molecule has 0 amide bonds. The monoisotopic (exact) mass is 245 g/mol. The molecular formula is C11H16ClNOS. The minimum Gasteiger partial charge on any atom is -0.394 e. The van der Waals surface area contributed by atoms with E-state index in [1.807, 2.05) is 11.4 Å². The van der Waals surface area contributed by atoms with E-state index in [-0.39, 0.29) is 12.1 Å². The summed E-state index contributed by atoms with van der Waals surface area (Å²) in [5.74, 6) is 0. The normalized spacial score (nSPS) is 19.6. The van der Waals surface area contributed by atoms with Gasteiger partial charge in [-0.25, -0.2) is 0 Å². The van der Waals surface area contributed by atoms with E-state index in [0.29, 0.717) is 0 Å².